The van der Waals surface area contributed by atoms with Gasteiger partial charge in [-0.2, -0.15) is 0 Å². The van der Waals surface area contributed by atoms with E-state index in [9.17, 15) is 4.79 Å². The highest BCUT2D eigenvalue weighted by molar-refractivity contribution is 6.11. The topological polar surface area (TPSA) is 26.3 Å². The van der Waals surface area contributed by atoms with Crippen molar-refractivity contribution in [1.29, 1.82) is 0 Å². The van der Waals surface area contributed by atoms with Crippen molar-refractivity contribution in [2.24, 2.45) is 0 Å². The molecule has 0 heterocycles. The molecule has 2 nitrogen and oxygen atoms in total. The molecule has 0 saturated heterocycles. The monoisotopic (exact) mass is 329 g/mol. The maximum absolute atomic E-state index is 12.9. The van der Waals surface area contributed by atoms with Crippen molar-refractivity contribution in [2.45, 2.75) is 19.3 Å². The van der Waals surface area contributed by atoms with Crippen molar-refractivity contribution in [3.8, 4) is 5.75 Å². The van der Waals surface area contributed by atoms with Crippen molar-refractivity contribution in [3.63, 3.8) is 0 Å². The molecular formula is C23H21O2. The van der Waals surface area contributed by atoms with Crippen LogP contribution in [-0.4, -0.2) is 12.9 Å². The average molecular weight is 329 g/mol. The molecule has 0 aliphatic carbocycles. The van der Waals surface area contributed by atoms with Gasteiger partial charge >= 0.3 is 0 Å². The molecule has 0 aliphatic rings. The molecule has 0 N–H and O–H groups in total. The van der Waals surface area contributed by atoms with Gasteiger partial charge in [-0.05, 0) is 17.7 Å². The molecule has 0 bridgehead atoms. The van der Waals surface area contributed by atoms with E-state index in [0.29, 0.717) is 16.9 Å². The third kappa shape index (κ3) is 3.20. The van der Waals surface area contributed by atoms with Crippen LogP contribution in [0, 0.1) is 6.07 Å². The summed E-state index contributed by atoms with van der Waals surface area (Å²) in [6.07, 6.45) is 0. The Hall–Kier alpha value is -2.87. The lowest BCUT2D eigenvalue weighted by molar-refractivity contribution is 0.103. The third-order valence-electron chi connectivity index (χ3n) is 4.55. The number of ketones is 1. The van der Waals surface area contributed by atoms with Gasteiger partial charge in [0, 0.05) is 16.5 Å². The minimum absolute atomic E-state index is 0.0449. The van der Waals surface area contributed by atoms with Gasteiger partial charge in [-0.3, -0.25) is 4.79 Å². The van der Waals surface area contributed by atoms with Gasteiger partial charge in [0.15, 0.2) is 5.78 Å². The lowest BCUT2D eigenvalue weighted by Crippen LogP contribution is -2.21. The summed E-state index contributed by atoms with van der Waals surface area (Å²) < 4.78 is 5.67. The highest BCUT2D eigenvalue weighted by Gasteiger charge is 2.29. The zero-order chi connectivity index (χ0) is 17.9. The van der Waals surface area contributed by atoms with Crippen LogP contribution in [0.3, 0.4) is 0 Å². The fourth-order valence-corrected chi connectivity index (χ4v) is 3.08. The van der Waals surface area contributed by atoms with Crippen molar-refractivity contribution in [3.05, 3.63) is 101 Å². The molecule has 0 aliphatic heterocycles. The number of hydrogen-bond donors (Lipinski definition) is 0. The van der Waals surface area contributed by atoms with Gasteiger partial charge in [0.2, 0.25) is 0 Å². The van der Waals surface area contributed by atoms with Gasteiger partial charge in [-0.15, -0.1) is 0 Å². The molecule has 0 fully saturated rings. The standard InChI is InChI=1S/C23H21O2/c1-23(2,18-13-8-5-9-14-18)20-16-10-15-19(22(20)25-3)21(24)17-11-6-4-7-12-17/h4-15H,1-3H3. The number of methoxy groups -OCH3 is 1. The Balaban J connectivity index is 2.13. The highest BCUT2D eigenvalue weighted by Crippen LogP contribution is 2.39. The number of benzene rings is 3. The van der Waals surface area contributed by atoms with E-state index in [4.69, 9.17) is 4.74 Å². The van der Waals surface area contributed by atoms with E-state index in [1.165, 1.54) is 0 Å². The van der Waals surface area contributed by atoms with Crippen LogP contribution in [0.15, 0.2) is 72.8 Å². The first-order chi connectivity index (χ1) is 12.1. The molecule has 0 aromatic heterocycles. The number of ether oxygens (including phenoxy) is 1. The maximum Gasteiger partial charge on any atom is 0.196 e. The van der Waals surface area contributed by atoms with E-state index in [1.807, 2.05) is 48.5 Å². The summed E-state index contributed by atoms with van der Waals surface area (Å²) in [5.41, 5.74) is 2.90. The molecule has 3 aromatic carbocycles. The SMILES string of the molecule is COc1c(C(C)(C)c2ccccc2)[c]ccc1C(=O)c1ccccc1. The van der Waals surface area contributed by atoms with Crippen molar-refractivity contribution in [2.75, 3.05) is 7.11 Å². The molecule has 2 heteroatoms. The van der Waals surface area contributed by atoms with E-state index in [2.05, 4.69) is 32.0 Å². The molecule has 3 rings (SSSR count). The quantitative estimate of drug-likeness (QED) is 0.612. The van der Waals surface area contributed by atoms with Crippen molar-refractivity contribution in [1.82, 2.24) is 0 Å². The Kier molecular flexibility index (Phi) is 4.71. The van der Waals surface area contributed by atoms with E-state index in [0.717, 1.165) is 11.1 Å². The van der Waals surface area contributed by atoms with Crippen LogP contribution in [0.1, 0.15) is 40.9 Å². The number of carbonyl (C=O) groups is 1. The molecule has 3 aromatic rings. The fourth-order valence-electron chi connectivity index (χ4n) is 3.08. The van der Waals surface area contributed by atoms with Gasteiger partial charge in [0.1, 0.15) is 5.75 Å². The number of rotatable bonds is 5. The molecule has 0 atom stereocenters. The van der Waals surface area contributed by atoms with E-state index >= 15 is 0 Å². The second-order valence-electron chi connectivity index (χ2n) is 6.49. The first-order valence-electron chi connectivity index (χ1n) is 8.30. The van der Waals surface area contributed by atoms with Crippen molar-refractivity contribution < 1.29 is 9.53 Å². The molecule has 25 heavy (non-hydrogen) atoms. The zero-order valence-corrected chi connectivity index (χ0v) is 14.7. The van der Waals surface area contributed by atoms with Crippen LogP contribution in [-0.2, 0) is 5.41 Å². The second kappa shape index (κ2) is 6.94. The summed E-state index contributed by atoms with van der Waals surface area (Å²) >= 11 is 0. The van der Waals surface area contributed by atoms with Gasteiger partial charge in [-0.25, -0.2) is 0 Å². The largest absolute Gasteiger partial charge is 0.496 e. The minimum Gasteiger partial charge on any atom is -0.496 e. The van der Waals surface area contributed by atoms with Gasteiger partial charge in [0.25, 0.3) is 0 Å². The summed E-state index contributed by atoms with van der Waals surface area (Å²) in [5.74, 6) is 0.543. The first kappa shape index (κ1) is 17.0. The lowest BCUT2D eigenvalue weighted by Gasteiger charge is -2.28. The summed E-state index contributed by atoms with van der Waals surface area (Å²) in [5, 5.41) is 0. The van der Waals surface area contributed by atoms with E-state index < -0.39 is 0 Å². The summed E-state index contributed by atoms with van der Waals surface area (Å²) in [4.78, 5) is 12.9. The number of carbonyl (C=O) groups excluding carboxylic acids is 1. The third-order valence-corrected chi connectivity index (χ3v) is 4.55. The predicted molar refractivity (Wildman–Crippen MR) is 100 cm³/mol. The Morgan fingerprint density at radius 2 is 1.52 bits per heavy atom. The fraction of sp³-hybridized carbons (Fsp3) is 0.174. The number of hydrogen-bond acceptors (Lipinski definition) is 2. The van der Waals surface area contributed by atoms with Crippen molar-refractivity contribution >= 4 is 5.78 Å². The second-order valence-corrected chi connectivity index (χ2v) is 6.49. The summed E-state index contributed by atoms with van der Waals surface area (Å²) in [6, 6.07) is 26.3. The highest BCUT2D eigenvalue weighted by atomic mass is 16.5. The Morgan fingerprint density at radius 1 is 0.920 bits per heavy atom. The molecule has 0 spiro atoms. The van der Waals surface area contributed by atoms with Crippen LogP contribution in [0.2, 0.25) is 0 Å². The normalized spacial score (nSPS) is 11.2. The molecule has 125 valence electrons. The predicted octanol–water partition coefficient (Wildman–Crippen LogP) is 5.05. The molecule has 0 unspecified atom stereocenters. The lowest BCUT2D eigenvalue weighted by atomic mass is 9.76. The van der Waals surface area contributed by atoms with Gasteiger partial charge < -0.3 is 4.74 Å². The molecular weight excluding hydrogens is 308 g/mol. The average Bonchev–Trinajstić information content (AvgIpc) is 2.68. The first-order valence-corrected chi connectivity index (χ1v) is 8.30. The molecule has 0 amide bonds. The van der Waals surface area contributed by atoms with Crippen LogP contribution < -0.4 is 4.74 Å². The molecule has 1 radical (unpaired) electrons. The summed E-state index contributed by atoms with van der Waals surface area (Å²) in [7, 11) is 1.61. The minimum atomic E-state index is -0.334. The van der Waals surface area contributed by atoms with Gasteiger partial charge in [-0.1, -0.05) is 80.6 Å². The smallest absolute Gasteiger partial charge is 0.196 e. The summed E-state index contributed by atoms with van der Waals surface area (Å²) in [6.45, 7) is 4.24. The Morgan fingerprint density at radius 3 is 2.12 bits per heavy atom. The maximum atomic E-state index is 12.9. The zero-order valence-electron chi connectivity index (χ0n) is 14.7. The Bertz CT molecular complexity index is 865. The van der Waals surface area contributed by atoms with Crippen LogP contribution in [0.5, 0.6) is 5.75 Å². The molecule has 0 saturated carbocycles. The van der Waals surface area contributed by atoms with Gasteiger partial charge in [0.05, 0.1) is 12.7 Å². The van der Waals surface area contributed by atoms with Crippen LogP contribution >= 0.6 is 0 Å². The Labute approximate surface area is 149 Å². The van der Waals surface area contributed by atoms with E-state index in [-0.39, 0.29) is 11.2 Å². The van der Waals surface area contributed by atoms with E-state index in [1.54, 1.807) is 19.2 Å². The van der Waals surface area contributed by atoms with Crippen LogP contribution in [0.25, 0.3) is 0 Å². The van der Waals surface area contributed by atoms with Crippen LogP contribution in [0.4, 0.5) is 0 Å².